The molecule has 2 saturated heterocycles. The molecule has 8 heteroatoms. The van der Waals surface area contributed by atoms with Crippen LogP contribution < -0.4 is 4.90 Å². The molecule has 3 heterocycles. The van der Waals surface area contributed by atoms with Gasteiger partial charge >= 0.3 is 0 Å². The third-order valence-corrected chi connectivity index (χ3v) is 3.53. The molecule has 0 N–H and O–H groups in total. The molecule has 0 amide bonds. The number of hydrogen-bond acceptors (Lipinski definition) is 6. The summed E-state index contributed by atoms with van der Waals surface area (Å²) in [6.45, 7) is 2.83. The molecule has 0 aliphatic carbocycles. The van der Waals surface area contributed by atoms with Gasteiger partial charge in [-0.1, -0.05) is 0 Å². The molecule has 3 rings (SSSR count). The van der Waals surface area contributed by atoms with Crippen LogP contribution in [0.5, 0.6) is 0 Å². The summed E-state index contributed by atoms with van der Waals surface area (Å²) in [6.07, 6.45) is 1.57. The molecule has 0 radical (unpaired) electrons. The minimum absolute atomic E-state index is 0.110. The second-order valence-corrected chi connectivity index (χ2v) is 4.94. The highest BCUT2D eigenvalue weighted by Crippen LogP contribution is 2.32. The Balaban J connectivity index is 1.72. The van der Waals surface area contributed by atoms with Crippen molar-refractivity contribution in [3.63, 3.8) is 0 Å². The molecule has 2 aliphatic rings. The molecule has 18 heavy (non-hydrogen) atoms. The van der Waals surface area contributed by atoms with Gasteiger partial charge in [0.25, 0.3) is 0 Å². The fourth-order valence-corrected chi connectivity index (χ4v) is 2.65. The molecule has 0 aromatic carbocycles. The molecular weight excluding hydrogens is 279 g/mol. The van der Waals surface area contributed by atoms with Crippen molar-refractivity contribution in [3.05, 3.63) is 10.6 Å². The first kappa shape index (κ1) is 12.3. The number of halogens is 2. The Bertz CT molecular complexity index is 423. The summed E-state index contributed by atoms with van der Waals surface area (Å²) in [7, 11) is 0. The highest BCUT2D eigenvalue weighted by molar-refractivity contribution is 6.31. The van der Waals surface area contributed by atoms with Gasteiger partial charge in [-0.25, -0.2) is 0 Å². The van der Waals surface area contributed by atoms with Crippen LogP contribution in [0.3, 0.4) is 0 Å². The summed E-state index contributed by atoms with van der Waals surface area (Å²) >= 11 is 11.5. The Kier molecular flexibility index (Phi) is 3.27. The lowest BCUT2D eigenvalue weighted by Crippen LogP contribution is -2.45. The summed E-state index contributed by atoms with van der Waals surface area (Å²) in [5.74, 6) is 0.102. The van der Waals surface area contributed by atoms with E-state index in [0.29, 0.717) is 19.2 Å². The van der Waals surface area contributed by atoms with E-state index in [1.807, 2.05) is 4.90 Å². The zero-order valence-corrected chi connectivity index (χ0v) is 11.1. The van der Waals surface area contributed by atoms with Gasteiger partial charge in [-0.3, -0.25) is 0 Å². The number of hydrogen-bond donors (Lipinski definition) is 0. The molecule has 1 spiro atoms. The lowest BCUT2D eigenvalue weighted by Gasteiger charge is -2.37. The monoisotopic (exact) mass is 290 g/mol. The molecule has 0 atom stereocenters. The van der Waals surface area contributed by atoms with E-state index in [-0.39, 0.29) is 10.6 Å². The summed E-state index contributed by atoms with van der Waals surface area (Å²) in [5, 5.41) is 0.220. The molecule has 0 bridgehead atoms. The third-order valence-electron chi connectivity index (χ3n) is 3.19. The topological polar surface area (TPSA) is 60.4 Å². The van der Waals surface area contributed by atoms with Crippen LogP contribution >= 0.6 is 23.2 Å². The minimum Gasteiger partial charge on any atom is -0.347 e. The highest BCUT2D eigenvalue weighted by Gasteiger charge is 2.40. The van der Waals surface area contributed by atoms with Crippen molar-refractivity contribution in [2.24, 2.45) is 0 Å². The summed E-state index contributed by atoms with van der Waals surface area (Å²) in [6, 6.07) is 0. The maximum Gasteiger partial charge on any atom is 0.230 e. The first-order chi connectivity index (χ1) is 8.67. The Hall–Kier alpha value is -0.690. The smallest absolute Gasteiger partial charge is 0.230 e. The molecule has 6 nitrogen and oxygen atoms in total. The van der Waals surface area contributed by atoms with E-state index in [0.717, 1.165) is 25.9 Å². The predicted molar refractivity (Wildman–Crippen MR) is 65.9 cm³/mol. The van der Waals surface area contributed by atoms with E-state index in [1.165, 1.54) is 0 Å². The van der Waals surface area contributed by atoms with Crippen LogP contribution in [0.1, 0.15) is 12.8 Å². The first-order valence-corrected chi connectivity index (χ1v) is 6.52. The van der Waals surface area contributed by atoms with Crippen molar-refractivity contribution in [3.8, 4) is 0 Å². The van der Waals surface area contributed by atoms with E-state index >= 15 is 0 Å². The Labute approximate surface area is 114 Å². The molecule has 98 valence electrons. The Morgan fingerprint density at radius 1 is 0.944 bits per heavy atom. The van der Waals surface area contributed by atoms with Crippen LogP contribution in [0.25, 0.3) is 0 Å². The SMILES string of the molecule is Clc1nc(Cl)nc(N2CCC3(CC2)OCCO3)n1. The summed E-state index contributed by atoms with van der Waals surface area (Å²) in [4.78, 5) is 13.9. The number of rotatable bonds is 1. The molecule has 0 saturated carbocycles. The Morgan fingerprint density at radius 2 is 1.50 bits per heavy atom. The maximum atomic E-state index is 5.77. The van der Waals surface area contributed by atoms with Gasteiger partial charge in [0.05, 0.1) is 13.2 Å². The maximum absolute atomic E-state index is 5.77. The van der Waals surface area contributed by atoms with Gasteiger partial charge in [-0.05, 0) is 23.2 Å². The fraction of sp³-hybridized carbons (Fsp3) is 0.700. The van der Waals surface area contributed by atoms with E-state index in [4.69, 9.17) is 32.7 Å². The molecule has 2 aliphatic heterocycles. The van der Waals surface area contributed by atoms with Crippen molar-refractivity contribution in [1.82, 2.24) is 15.0 Å². The predicted octanol–water partition coefficient (Wildman–Crippen LogP) is 1.52. The molecule has 1 aromatic heterocycles. The summed E-state index contributed by atoms with van der Waals surface area (Å²) in [5.41, 5.74) is 0. The molecule has 2 fully saturated rings. The van der Waals surface area contributed by atoms with Gasteiger partial charge in [-0.2, -0.15) is 15.0 Å². The number of anilines is 1. The van der Waals surface area contributed by atoms with E-state index in [9.17, 15) is 0 Å². The van der Waals surface area contributed by atoms with Crippen LogP contribution in [0, 0.1) is 0 Å². The molecule has 0 unspecified atom stereocenters. The van der Waals surface area contributed by atoms with Crippen LogP contribution in [0.4, 0.5) is 5.95 Å². The minimum atomic E-state index is -0.406. The first-order valence-electron chi connectivity index (χ1n) is 5.77. The van der Waals surface area contributed by atoms with Crippen LogP contribution in [0.15, 0.2) is 0 Å². The average molecular weight is 291 g/mol. The van der Waals surface area contributed by atoms with Crippen molar-refractivity contribution in [1.29, 1.82) is 0 Å². The van der Waals surface area contributed by atoms with Crippen molar-refractivity contribution < 1.29 is 9.47 Å². The number of aromatic nitrogens is 3. The fourth-order valence-electron chi connectivity index (χ4n) is 2.29. The lowest BCUT2D eigenvalue weighted by atomic mass is 10.0. The number of piperidine rings is 1. The molecular formula is C10H12Cl2N4O2. The second-order valence-electron chi connectivity index (χ2n) is 4.27. The lowest BCUT2D eigenvalue weighted by molar-refractivity contribution is -0.169. The van der Waals surface area contributed by atoms with Gasteiger partial charge in [0.2, 0.25) is 16.5 Å². The van der Waals surface area contributed by atoms with E-state index < -0.39 is 5.79 Å². The van der Waals surface area contributed by atoms with Gasteiger partial charge in [-0.15, -0.1) is 0 Å². The van der Waals surface area contributed by atoms with Gasteiger partial charge in [0.1, 0.15) is 0 Å². The Morgan fingerprint density at radius 3 is 2.06 bits per heavy atom. The zero-order chi connectivity index (χ0) is 12.6. The van der Waals surface area contributed by atoms with Gasteiger partial charge < -0.3 is 14.4 Å². The van der Waals surface area contributed by atoms with Crippen molar-refractivity contribution >= 4 is 29.2 Å². The van der Waals surface area contributed by atoms with Crippen LogP contribution in [-0.2, 0) is 9.47 Å². The standard InChI is InChI=1S/C10H12Cl2N4O2/c11-7-13-8(12)15-9(14-7)16-3-1-10(2-4-16)17-5-6-18-10/h1-6H2. The molecule has 1 aromatic rings. The van der Waals surface area contributed by atoms with Gasteiger partial charge in [0.15, 0.2) is 5.79 Å². The van der Waals surface area contributed by atoms with E-state index in [1.54, 1.807) is 0 Å². The normalized spacial score (nSPS) is 22.7. The van der Waals surface area contributed by atoms with Gasteiger partial charge in [0, 0.05) is 25.9 Å². The van der Waals surface area contributed by atoms with Crippen molar-refractivity contribution in [2.75, 3.05) is 31.2 Å². The zero-order valence-electron chi connectivity index (χ0n) is 9.60. The number of nitrogens with zero attached hydrogens (tertiary/aromatic N) is 4. The highest BCUT2D eigenvalue weighted by atomic mass is 35.5. The van der Waals surface area contributed by atoms with Crippen LogP contribution in [0.2, 0.25) is 10.6 Å². The average Bonchev–Trinajstić information content (AvgIpc) is 2.77. The summed E-state index contributed by atoms with van der Waals surface area (Å²) < 4.78 is 11.3. The van der Waals surface area contributed by atoms with Crippen LogP contribution in [-0.4, -0.2) is 47.0 Å². The van der Waals surface area contributed by atoms with E-state index in [2.05, 4.69) is 15.0 Å². The largest absolute Gasteiger partial charge is 0.347 e. The second kappa shape index (κ2) is 4.77. The quantitative estimate of drug-likeness (QED) is 0.782. The number of ether oxygens (including phenoxy) is 2. The third kappa shape index (κ3) is 2.38. The van der Waals surface area contributed by atoms with Crippen molar-refractivity contribution in [2.45, 2.75) is 18.6 Å².